The predicted octanol–water partition coefficient (Wildman–Crippen LogP) is 1.82. The number of rotatable bonds is 6. The van der Waals surface area contributed by atoms with Crippen LogP contribution in [0.1, 0.15) is 5.56 Å². The molecule has 11 heteroatoms. The molecule has 0 atom stereocenters. The highest BCUT2D eigenvalue weighted by Crippen LogP contribution is 2.17. The molecule has 0 aliphatic carbocycles. The second-order valence-electron chi connectivity index (χ2n) is 4.46. The van der Waals surface area contributed by atoms with Gasteiger partial charge in [0.25, 0.3) is 21.4 Å². The van der Waals surface area contributed by atoms with Gasteiger partial charge in [0, 0.05) is 24.3 Å². The molecular formula is C13H10N4O6S. The van der Waals surface area contributed by atoms with E-state index in [2.05, 4.69) is 5.10 Å². The summed E-state index contributed by atoms with van der Waals surface area (Å²) in [6.07, 6.45) is 1.15. The maximum absolute atomic E-state index is 12.0. The van der Waals surface area contributed by atoms with Gasteiger partial charge in [0.15, 0.2) is 0 Å². The van der Waals surface area contributed by atoms with Crippen molar-refractivity contribution in [2.24, 2.45) is 5.10 Å². The fraction of sp³-hybridized carbons (Fsp3) is 0. The number of non-ortho nitro benzene ring substituents is 2. The summed E-state index contributed by atoms with van der Waals surface area (Å²) in [5.74, 6) is 0. The fourth-order valence-corrected chi connectivity index (χ4v) is 2.50. The third-order valence-corrected chi connectivity index (χ3v) is 4.05. The molecule has 10 nitrogen and oxygen atoms in total. The van der Waals surface area contributed by atoms with Gasteiger partial charge in [-0.15, -0.1) is 0 Å². The Hall–Kier alpha value is -3.34. The lowest BCUT2D eigenvalue weighted by Crippen LogP contribution is -2.18. The van der Waals surface area contributed by atoms with Crippen molar-refractivity contribution in [3.05, 3.63) is 74.3 Å². The lowest BCUT2D eigenvalue weighted by molar-refractivity contribution is -0.385. The molecule has 0 unspecified atom stereocenters. The number of benzene rings is 2. The lowest BCUT2D eigenvalue weighted by Gasteiger charge is -2.02. The molecule has 0 fully saturated rings. The van der Waals surface area contributed by atoms with Crippen molar-refractivity contribution in [2.75, 3.05) is 0 Å². The smallest absolute Gasteiger partial charge is 0.258 e. The van der Waals surface area contributed by atoms with Crippen molar-refractivity contribution in [2.45, 2.75) is 4.90 Å². The van der Waals surface area contributed by atoms with Gasteiger partial charge in [0.05, 0.1) is 21.0 Å². The van der Waals surface area contributed by atoms with Crippen LogP contribution >= 0.6 is 0 Å². The first-order valence-electron chi connectivity index (χ1n) is 6.33. The Kier molecular flexibility index (Phi) is 4.84. The summed E-state index contributed by atoms with van der Waals surface area (Å²) in [4.78, 5) is 21.5. The van der Waals surface area contributed by atoms with Crippen molar-refractivity contribution < 1.29 is 18.3 Å². The van der Waals surface area contributed by atoms with E-state index < -0.39 is 19.9 Å². The molecule has 0 bridgehead atoms. The van der Waals surface area contributed by atoms with Crippen LogP contribution in [-0.4, -0.2) is 24.5 Å². The molecule has 2 aromatic rings. The molecule has 124 valence electrons. The number of nitrogens with one attached hydrogen (secondary N) is 1. The van der Waals surface area contributed by atoms with E-state index in [4.69, 9.17) is 0 Å². The summed E-state index contributed by atoms with van der Waals surface area (Å²) < 4.78 is 24.0. The minimum Gasteiger partial charge on any atom is -0.258 e. The number of hydrogen-bond donors (Lipinski definition) is 1. The zero-order valence-corrected chi connectivity index (χ0v) is 12.7. The zero-order chi connectivity index (χ0) is 17.7. The van der Waals surface area contributed by atoms with E-state index in [1.165, 1.54) is 42.5 Å². The van der Waals surface area contributed by atoms with Gasteiger partial charge in [-0.3, -0.25) is 20.2 Å². The topological polar surface area (TPSA) is 145 Å². The van der Waals surface area contributed by atoms with E-state index >= 15 is 0 Å². The molecule has 1 N–H and O–H groups in total. The fourth-order valence-electron chi connectivity index (χ4n) is 1.67. The first kappa shape index (κ1) is 17.0. The van der Waals surface area contributed by atoms with Gasteiger partial charge in [0.1, 0.15) is 0 Å². The number of sulfonamides is 1. The second-order valence-corrected chi connectivity index (χ2v) is 6.12. The van der Waals surface area contributed by atoms with Crippen molar-refractivity contribution in [3.8, 4) is 0 Å². The number of nitro groups is 2. The summed E-state index contributed by atoms with van der Waals surface area (Å²) in [6, 6.07) is 9.78. The average molecular weight is 350 g/mol. The number of nitrogens with zero attached hydrogens (tertiary/aromatic N) is 3. The maximum atomic E-state index is 12.0. The lowest BCUT2D eigenvalue weighted by atomic mass is 10.2. The van der Waals surface area contributed by atoms with Gasteiger partial charge in [-0.2, -0.15) is 13.5 Å². The second kappa shape index (κ2) is 6.83. The molecule has 24 heavy (non-hydrogen) atoms. The van der Waals surface area contributed by atoms with Crippen LogP contribution in [-0.2, 0) is 10.0 Å². The first-order valence-corrected chi connectivity index (χ1v) is 7.82. The molecule has 0 saturated carbocycles. The van der Waals surface area contributed by atoms with E-state index in [1.807, 2.05) is 4.83 Å². The summed E-state index contributed by atoms with van der Waals surface area (Å²) in [5, 5.41) is 24.7. The Labute approximate surface area is 135 Å². The van der Waals surface area contributed by atoms with Gasteiger partial charge in [-0.25, -0.2) is 4.83 Å². The van der Waals surface area contributed by atoms with Crippen LogP contribution in [0.4, 0.5) is 11.4 Å². The van der Waals surface area contributed by atoms with Gasteiger partial charge in [-0.1, -0.05) is 6.07 Å². The highest BCUT2D eigenvalue weighted by molar-refractivity contribution is 7.89. The Morgan fingerprint density at radius 2 is 1.58 bits per heavy atom. The van der Waals surface area contributed by atoms with Gasteiger partial charge in [-0.05, 0) is 23.8 Å². The minimum absolute atomic E-state index is 0.107. The highest BCUT2D eigenvalue weighted by atomic mass is 32.2. The summed E-state index contributed by atoms with van der Waals surface area (Å²) >= 11 is 0. The Balaban J connectivity index is 2.13. The van der Waals surface area contributed by atoms with Crippen LogP contribution in [0.25, 0.3) is 0 Å². The molecule has 0 spiro atoms. The van der Waals surface area contributed by atoms with Crippen LogP contribution in [0, 0.1) is 20.2 Å². The SMILES string of the molecule is O=[N+]([O-])c1ccc(/C=N/NS(=O)(=O)c2cccc([N+](=O)[O-])c2)cc1. The third kappa shape index (κ3) is 4.10. The quantitative estimate of drug-likeness (QED) is 0.478. The normalized spacial score (nSPS) is 11.3. The van der Waals surface area contributed by atoms with Crippen molar-refractivity contribution in [3.63, 3.8) is 0 Å². The predicted molar refractivity (Wildman–Crippen MR) is 84.1 cm³/mol. The minimum atomic E-state index is -4.07. The van der Waals surface area contributed by atoms with Gasteiger partial charge in [0.2, 0.25) is 0 Å². The van der Waals surface area contributed by atoms with E-state index in [0.717, 1.165) is 12.3 Å². The van der Waals surface area contributed by atoms with Gasteiger partial charge < -0.3 is 0 Å². The van der Waals surface area contributed by atoms with Crippen molar-refractivity contribution in [1.29, 1.82) is 0 Å². The van der Waals surface area contributed by atoms with Crippen LogP contribution < -0.4 is 4.83 Å². The molecule has 0 heterocycles. The molecule has 2 aromatic carbocycles. The van der Waals surface area contributed by atoms with Crippen molar-refractivity contribution >= 4 is 27.6 Å². The number of hydrogen-bond acceptors (Lipinski definition) is 7. The van der Waals surface area contributed by atoms with Crippen LogP contribution in [0.5, 0.6) is 0 Å². The van der Waals surface area contributed by atoms with E-state index in [1.54, 1.807) is 0 Å². The molecule has 0 aliphatic rings. The first-order chi connectivity index (χ1) is 11.3. The number of hydrazone groups is 1. The molecule has 0 amide bonds. The third-order valence-electron chi connectivity index (χ3n) is 2.83. The molecule has 2 rings (SSSR count). The van der Waals surface area contributed by atoms with Crippen LogP contribution in [0.15, 0.2) is 58.5 Å². The molecule has 0 aromatic heterocycles. The van der Waals surface area contributed by atoms with Crippen molar-refractivity contribution in [1.82, 2.24) is 4.83 Å². The highest BCUT2D eigenvalue weighted by Gasteiger charge is 2.16. The van der Waals surface area contributed by atoms with Crippen LogP contribution in [0.2, 0.25) is 0 Å². The van der Waals surface area contributed by atoms with E-state index in [-0.39, 0.29) is 16.3 Å². The van der Waals surface area contributed by atoms with Gasteiger partial charge >= 0.3 is 0 Å². The Morgan fingerprint density at radius 3 is 2.17 bits per heavy atom. The summed E-state index contributed by atoms with van der Waals surface area (Å²) in [5.41, 5.74) is -0.0381. The largest absolute Gasteiger partial charge is 0.276 e. The maximum Gasteiger partial charge on any atom is 0.276 e. The summed E-state index contributed by atoms with van der Waals surface area (Å²) in [6.45, 7) is 0. The molecular weight excluding hydrogens is 340 g/mol. The average Bonchev–Trinajstić information content (AvgIpc) is 2.55. The van der Waals surface area contributed by atoms with E-state index in [9.17, 15) is 28.6 Å². The van der Waals surface area contributed by atoms with E-state index in [0.29, 0.717) is 5.56 Å². The van der Waals surface area contributed by atoms with Crippen LogP contribution in [0.3, 0.4) is 0 Å². The standard InChI is InChI=1S/C13H10N4O6S/c18-16(19)11-6-4-10(5-7-11)9-14-15-24(22,23)13-3-1-2-12(8-13)17(20)21/h1-9,15H/b14-9+. The molecule has 0 saturated heterocycles. The Morgan fingerprint density at radius 1 is 0.958 bits per heavy atom. The zero-order valence-electron chi connectivity index (χ0n) is 11.9. The summed E-state index contributed by atoms with van der Waals surface area (Å²) in [7, 11) is -4.07. The molecule has 0 aliphatic heterocycles. The Bertz CT molecular complexity index is 908. The number of nitro benzene ring substituents is 2. The monoisotopic (exact) mass is 350 g/mol. The molecule has 0 radical (unpaired) electrons.